The SMILES string of the molecule is C=CCOC1CCC2CC(C3CCc4cc(CCCCCC)ccc4C3)CCC2C1. The largest absolute Gasteiger partial charge is 0.374 e. The van der Waals surface area contributed by atoms with Crippen LogP contribution in [-0.4, -0.2) is 12.7 Å². The van der Waals surface area contributed by atoms with Gasteiger partial charge in [0.2, 0.25) is 0 Å². The molecule has 0 amide bonds. The normalized spacial score (nSPS) is 31.0. The molecule has 3 aliphatic rings. The van der Waals surface area contributed by atoms with Gasteiger partial charge < -0.3 is 4.74 Å². The summed E-state index contributed by atoms with van der Waals surface area (Å²) in [6.45, 7) is 6.83. The van der Waals surface area contributed by atoms with Crippen LogP contribution in [0.25, 0.3) is 0 Å². The first-order valence-corrected chi connectivity index (χ1v) is 13.1. The summed E-state index contributed by atoms with van der Waals surface area (Å²) < 4.78 is 5.99. The van der Waals surface area contributed by atoms with E-state index in [1.165, 1.54) is 89.9 Å². The molecule has 0 aliphatic heterocycles. The van der Waals surface area contributed by atoms with Gasteiger partial charge in [-0.25, -0.2) is 0 Å². The summed E-state index contributed by atoms with van der Waals surface area (Å²) in [7, 11) is 0. The van der Waals surface area contributed by atoms with Crippen LogP contribution < -0.4 is 0 Å². The van der Waals surface area contributed by atoms with Gasteiger partial charge in [-0.15, -0.1) is 6.58 Å². The Bertz CT molecular complexity index is 677. The second-order valence-corrected chi connectivity index (χ2v) is 10.6. The van der Waals surface area contributed by atoms with Gasteiger partial charge in [0.05, 0.1) is 12.7 Å². The highest BCUT2D eigenvalue weighted by molar-refractivity contribution is 5.34. The van der Waals surface area contributed by atoms with E-state index in [1.54, 1.807) is 16.7 Å². The van der Waals surface area contributed by atoms with E-state index in [1.807, 2.05) is 6.08 Å². The van der Waals surface area contributed by atoms with Gasteiger partial charge in [0, 0.05) is 0 Å². The maximum atomic E-state index is 5.99. The number of rotatable bonds is 9. The molecule has 30 heavy (non-hydrogen) atoms. The maximum Gasteiger partial charge on any atom is 0.0648 e. The summed E-state index contributed by atoms with van der Waals surface area (Å²) >= 11 is 0. The average molecular weight is 409 g/mol. The quantitative estimate of drug-likeness (QED) is 0.300. The fourth-order valence-electron chi connectivity index (χ4n) is 6.82. The van der Waals surface area contributed by atoms with E-state index < -0.39 is 0 Å². The molecule has 5 atom stereocenters. The van der Waals surface area contributed by atoms with Gasteiger partial charge in [-0.2, -0.15) is 0 Å². The Morgan fingerprint density at radius 1 is 0.900 bits per heavy atom. The van der Waals surface area contributed by atoms with Crippen molar-refractivity contribution in [1.82, 2.24) is 0 Å². The van der Waals surface area contributed by atoms with Crippen molar-refractivity contribution in [2.45, 2.75) is 103 Å². The van der Waals surface area contributed by atoms with E-state index in [0.717, 1.165) is 30.3 Å². The maximum absolute atomic E-state index is 5.99. The molecule has 0 spiro atoms. The molecular formula is C29H44O. The van der Waals surface area contributed by atoms with Gasteiger partial charge in [-0.3, -0.25) is 0 Å². The van der Waals surface area contributed by atoms with E-state index in [0.29, 0.717) is 6.10 Å². The van der Waals surface area contributed by atoms with Crippen LogP contribution in [0, 0.1) is 23.7 Å². The molecule has 1 heteroatoms. The summed E-state index contributed by atoms with van der Waals surface area (Å²) in [5.41, 5.74) is 4.93. The summed E-state index contributed by atoms with van der Waals surface area (Å²) in [5.74, 6) is 3.80. The fourth-order valence-corrected chi connectivity index (χ4v) is 6.82. The van der Waals surface area contributed by atoms with Crippen molar-refractivity contribution in [1.29, 1.82) is 0 Å². The Hall–Kier alpha value is -1.08. The Morgan fingerprint density at radius 3 is 2.53 bits per heavy atom. The van der Waals surface area contributed by atoms with Crippen molar-refractivity contribution in [3.63, 3.8) is 0 Å². The number of hydrogen-bond donors (Lipinski definition) is 0. The summed E-state index contributed by atoms with van der Waals surface area (Å²) in [6.07, 6.45) is 21.6. The molecule has 4 rings (SSSR count). The topological polar surface area (TPSA) is 9.23 Å². The minimum Gasteiger partial charge on any atom is -0.374 e. The van der Waals surface area contributed by atoms with Gasteiger partial charge >= 0.3 is 0 Å². The molecule has 166 valence electrons. The zero-order valence-corrected chi connectivity index (χ0v) is 19.4. The van der Waals surface area contributed by atoms with Crippen LogP contribution in [0.3, 0.4) is 0 Å². The number of aryl methyl sites for hydroxylation is 2. The van der Waals surface area contributed by atoms with Gasteiger partial charge in [0.15, 0.2) is 0 Å². The van der Waals surface area contributed by atoms with Crippen molar-refractivity contribution in [3.8, 4) is 0 Å². The second-order valence-electron chi connectivity index (χ2n) is 10.6. The molecule has 0 heterocycles. The third-order valence-corrected chi connectivity index (χ3v) is 8.58. The van der Waals surface area contributed by atoms with Gasteiger partial charge in [0.25, 0.3) is 0 Å². The lowest BCUT2D eigenvalue weighted by atomic mass is 9.62. The third kappa shape index (κ3) is 5.58. The molecular weight excluding hydrogens is 364 g/mol. The number of unbranched alkanes of at least 4 members (excludes halogenated alkanes) is 3. The lowest BCUT2D eigenvalue weighted by molar-refractivity contribution is -0.0137. The van der Waals surface area contributed by atoms with E-state index in [2.05, 4.69) is 31.7 Å². The molecule has 0 radical (unpaired) electrons. The lowest BCUT2D eigenvalue weighted by Crippen LogP contribution is -2.37. The summed E-state index contributed by atoms with van der Waals surface area (Å²) in [6, 6.07) is 7.48. The van der Waals surface area contributed by atoms with Crippen molar-refractivity contribution < 1.29 is 4.74 Å². The van der Waals surface area contributed by atoms with Crippen LogP contribution in [0.1, 0.15) is 94.2 Å². The van der Waals surface area contributed by atoms with Crippen molar-refractivity contribution >= 4 is 0 Å². The van der Waals surface area contributed by atoms with E-state index >= 15 is 0 Å². The average Bonchev–Trinajstić information content (AvgIpc) is 2.79. The molecule has 3 aliphatic carbocycles. The predicted octanol–water partition coefficient (Wildman–Crippen LogP) is 7.70. The molecule has 0 N–H and O–H groups in total. The van der Waals surface area contributed by atoms with Crippen LogP contribution >= 0.6 is 0 Å². The van der Waals surface area contributed by atoms with Crippen molar-refractivity contribution in [2.24, 2.45) is 23.7 Å². The summed E-state index contributed by atoms with van der Waals surface area (Å²) in [5, 5.41) is 0. The zero-order valence-electron chi connectivity index (χ0n) is 19.4. The van der Waals surface area contributed by atoms with Gasteiger partial charge in [-0.05, 0) is 111 Å². The highest BCUT2D eigenvalue weighted by Gasteiger charge is 2.38. The molecule has 2 fully saturated rings. The first-order chi connectivity index (χ1) is 14.8. The second kappa shape index (κ2) is 11.0. The lowest BCUT2D eigenvalue weighted by Gasteiger charge is -2.45. The van der Waals surface area contributed by atoms with Crippen molar-refractivity contribution in [2.75, 3.05) is 6.61 Å². The number of hydrogen-bond acceptors (Lipinski definition) is 1. The van der Waals surface area contributed by atoms with Crippen LogP contribution in [0.5, 0.6) is 0 Å². The van der Waals surface area contributed by atoms with Crippen LogP contribution in [0.2, 0.25) is 0 Å². The number of benzene rings is 1. The monoisotopic (exact) mass is 408 g/mol. The van der Waals surface area contributed by atoms with Gasteiger partial charge in [0.1, 0.15) is 0 Å². The minimum atomic E-state index is 0.499. The number of fused-ring (bicyclic) bond motifs is 2. The van der Waals surface area contributed by atoms with Gasteiger partial charge in [-0.1, -0.05) is 50.5 Å². The van der Waals surface area contributed by atoms with Crippen LogP contribution in [0.15, 0.2) is 30.9 Å². The summed E-state index contributed by atoms with van der Waals surface area (Å²) in [4.78, 5) is 0. The smallest absolute Gasteiger partial charge is 0.0648 e. The Kier molecular flexibility index (Phi) is 8.10. The molecule has 5 unspecified atom stereocenters. The molecule has 0 bridgehead atoms. The number of ether oxygens (including phenoxy) is 1. The highest BCUT2D eigenvalue weighted by Crippen LogP contribution is 2.47. The Balaban J connectivity index is 1.28. The molecule has 1 aromatic rings. The Labute approximate surface area is 185 Å². The standard InChI is InChI=1S/C29H44O/c1-3-5-6-7-8-22-9-10-24-19-25(12-11-23(24)18-22)26-13-14-28-21-29(30-17-4-2)16-15-27(28)20-26/h4,9-10,18,25-29H,2-3,5-8,11-17,19-21H2,1H3. The first kappa shape index (κ1) is 22.1. The van der Waals surface area contributed by atoms with E-state index in [4.69, 9.17) is 4.74 Å². The molecule has 1 nitrogen and oxygen atoms in total. The Morgan fingerprint density at radius 2 is 1.70 bits per heavy atom. The molecule has 2 saturated carbocycles. The van der Waals surface area contributed by atoms with E-state index in [9.17, 15) is 0 Å². The highest BCUT2D eigenvalue weighted by atomic mass is 16.5. The molecule has 0 aromatic heterocycles. The van der Waals surface area contributed by atoms with E-state index in [-0.39, 0.29) is 0 Å². The fraction of sp³-hybridized carbons (Fsp3) is 0.724. The van der Waals surface area contributed by atoms with Crippen molar-refractivity contribution in [3.05, 3.63) is 47.5 Å². The van der Waals surface area contributed by atoms with Crippen LogP contribution in [0.4, 0.5) is 0 Å². The third-order valence-electron chi connectivity index (χ3n) is 8.58. The predicted molar refractivity (Wildman–Crippen MR) is 128 cm³/mol. The zero-order chi connectivity index (χ0) is 20.8. The molecule has 0 saturated heterocycles. The molecule has 1 aromatic carbocycles. The first-order valence-electron chi connectivity index (χ1n) is 13.1. The van der Waals surface area contributed by atoms with Crippen LogP contribution in [-0.2, 0) is 24.0 Å². The minimum absolute atomic E-state index is 0.499.